The zero-order valence-corrected chi connectivity index (χ0v) is 15.5. The Labute approximate surface area is 146 Å². The van der Waals surface area contributed by atoms with Gasteiger partial charge in [-0.25, -0.2) is 0 Å². The van der Waals surface area contributed by atoms with Crippen molar-refractivity contribution >= 4 is 33.4 Å². The number of benzene rings is 1. The van der Waals surface area contributed by atoms with E-state index in [2.05, 4.69) is 21.2 Å². The van der Waals surface area contributed by atoms with Gasteiger partial charge in [0.05, 0.1) is 6.54 Å². The van der Waals surface area contributed by atoms with E-state index in [0.29, 0.717) is 12.3 Å². The van der Waals surface area contributed by atoms with Crippen molar-refractivity contribution in [2.24, 2.45) is 5.92 Å². The fourth-order valence-corrected chi connectivity index (χ4v) is 3.53. The summed E-state index contributed by atoms with van der Waals surface area (Å²) in [5.41, 5.74) is 1.77. The van der Waals surface area contributed by atoms with Crippen LogP contribution in [-0.2, 0) is 9.59 Å². The lowest BCUT2D eigenvalue weighted by atomic mass is 9.87. The van der Waals surface area contributed by atoms with Crippen molar-refractivity contribution in [3.8, 4) is 0 Å². The predicted molar refractivity (Wildman–Crippen MR) is 96.3 cm³/mol. The van der Waals surface area contributed by atoms with Gasteiger partial charge in [0.25, 0.3) is 0 Å². The molecule has 1 aromatic rings. The van der Waals surface area contributed by atoms with E-state index >= 15 is 0 Å². The summed E-state index contributed by atoms with van der Waals surface area (Å²) in [6, 6.07) is 5.70. The molecule has 0 heterocycles. The Kier molecular flexibility index (Phi) is 6.63. The standard InChI is InChI=1S/C18H25BrN2O2/c1-13-10-15(19)8-9-16(13)20-17(22)12-21(2)18(23)11-14-6-4-3-5-7-14/h8-10,14H,3-7,11-12H2,1-2H3,(H,20,22). The number of carbonyl (C=O) groups excluding carboxylic acids is 2. The molecule has 2 amide bonds. The van der Waals surface area contributed by atoms with Gasteiger partial charge >= 0.3 is 0 Å². The van der Waals surface area contributed by atoms with Crippen molar-refractivity contribution in [2.75, 3.05) is 18.9 Å². The summed E-state index contributed by atoms with van der Waals surface area (Å²) < 4.78 is 0.979. The number of nitrogens with zero attached hydrogens (tertiary/aromatic N) is 1. The number of anilines is 1. The molecular formula is C18H25BrN2O2. The van der Waals surface area contributed by atoms with E-state index in [1.807, 2.05) is 25.1 Å². The van der Waals surface area contributed by atoms with Gasteiger partial charge in [-0.1, -0.05) is 35.2 Å². The molecule has 126 valence electrons. The van der Waals surface area contributed by atoms with Crippen LogP contribution in [0.2, 0.25) is 0 Å². The van der Waals surface area contributed by atoms with Gasteiger partial charge in [0.2, 0.25) is 11.8 Å². The van der Waals surface area contributed by atoms with Crippen molar-refractivity contribution in [2.45, 2.75) is 45.4 Å². The molecule has 0 aromatic heterocycles. The van der Waals surface area contributed by atoms with Gasteiger partial charge in [-0.05, 0) is 49.4 Å². The molecule has 0 spiro atoms. The lowest BCUT2D eigenvalue weighted by Gasteiger charge is -2.24. The number of likely N-dealkylation sites (N-methyl/N-ethyl adjacent to an activating group) is 1. The van der Waals surface area contributed by atoms with Gasteiger partial charge in [0, 0.05) is 23.6 Å². The molecule has 1 aromatic carbocycles. The molecule has 0 aliphatic heterocycles. The summed E-state index contributed by atoms with van der Waals surface area (Å²) in [7, 11) is 1.71. The monoisotopic (exact) mass is 380 g/mol. The summed E-state index contributed by atoms with van der Waals surface area (Å²) in [6.45, 7) is 2.04. The van der Waals surface area contributed by atoms with E-state index in [4.69, 9.17) is 0 Å². The topological polar surface area (TPSA) is 49.4 Å². The van der Waals surface area contributed by atoms with Gasteiger partial charge in [0.1, 0.15) is 0 Å². The van der Waals surface area contributed by atoms with Crippen molar-refractivity contribution in [1.82, 2.24) is 4.90 Å². The minimum atomic E-state index is -0.157. The molecule has 23 heavy (non-hydrogen) atoms. The third-order valence-corrected chi connectivity index (χ3v) is 4.95. The van der Waals surface area contributed by atoms with E-state index < -0.39 is 0 Å². The number of hydrogen-bond acceptors (Lipinski definition) is 2. The largest absolute Gasteiger partial charge is 0.336 e. The van der Waals surface area contributed by atoms with Crippen LogP contribution in [-0.4, -0.2) is 30.3 Å². The predicted octanol–water partition coefficient (Wildman–Crippen LogP) is 4.12. The first-order valence-electron chi connectivity index (χ1n) is 8.25. The summed E-state index contributed by atoms with van der Waals surface area (Å²) in [5.74, 6) is 0.407. The van der Waals surface area contributed by atoms with Crippen LogP contribution in [0.4, 0.5) is 5.69 Å². The minimum absolute atomic E-state index is 0.0691. The second-order valence-electron chi connectivity index (χ2n) is 6.47. The summed E-state index contributed by atoms with van der Waals surface area (Å²) >= 11 is 3.40. The molecule has 5 heteroatoms. The number of hydrogen-bond donors (Lipinski definition) is 1. The second kappa shape index (κ2) is 8.48. The van der Waals surface area contributed by atoms with Crippen LogP contribution in [0.15, 0.2) is 22.7 Å². The molecule has 1 saturated carbocycles. The summed E-state index contributed by atoms with van der Waals surface area (Å²) in [5, 5.41) is 2.87. The van der Waals surface area contributed by atoms with E-state index in [1.54, 1.807) is 7.05 Å². The number of aryl methyl sites for hydroxylation is 1. The first-order chi connectivity index (χ1) is 11.0. The number of halogens is 1. The Morgan fingerprint density at radius 3 is 2.61 bits per heavy atom. The van der Waals surface area contributed by atoms with Crippen LogP contribution in [0.1, 0.15) is 44.1 Å². The highest BCUT2D eigenvalue weighted by molar-refractivity contribution is 9.10. The minimum Gasteiger partial charge on any atom is -0.336 e. The second-order valence-corrected chi connectivity index (χ2v) is 7.38. The molecule has 0 radical (unpaired) electrons. The number of rotatable bonds is 5. The number of nitrogens with one attached hydrogen (secondary N) is 1. The van der Waals surface area contributed by atoms with Crippen LogP contribution >= 0.6 is 15.9 Å². The Morgan fingerprint density at radius 1 is 1.26 bits per heavy atom. The van der Waals surface area contributed by atoms with Crippen molar-refractivity contribution in [1.29, 1.82) is 0 Å². The maximum Gasteiger partial charge on any atom is 0.243 e. The molecule has 2 rings (SSSR count). The smallest absolute Gasteiger partial charge is 0.243 e. The Bertz CT molecular complexity index is 568. The summed E-state index contributed by atoms with van der Waals surface area (Å²) in [6.07, 6.45) is 6.60. The van der Waals surface area contributed by atoms with Gasteiger partial charge in [-0.3, -0.25) is 9.59 Å². The van der Waals surface area contributed by atoms with Crippen molar-refractivity contribution < 1.29 is 9.59 Å². The SMILES string of the molecule is Cc1cc(Br)ccc1NC(=O)CN(C)C(=O)CC1CCCCC1. The molecule has 0 atom stereocenters. The molecule has 1 aliphatic rings. The highest BCUT2D eigenvalue weighted by Crippen LogP contribution is 2.26. The van der Waals surface area contributed by atoms with Crippen LogP contribution in [0, 0.1) is 12.8 Å². The van der Waals surface area contributed by atoms with Crippen molar-refractivity contribution in [3.05, 3.63) is 28.2 Å². The molecule has 0 bridgehead atoms. The number of amides is 2. The Balaban J connectivity index is 1.82. The van der Waals surface area contributed by atoms with E-state index in [1.165, 1.54) is 24.2 Å². The molecule has 1 fully saturated rings. The fourth-order valence-electron chi connectivity index (χ4n) is 3.05. The third kappa shape index (κ3) is 5.65. The van der Waals surface area contributed by atoms with Crippen molar-refractivity contribution in [3.63, 3.8) is 0 Å². The number of carbonyl (C=O) groups is 2. The highest BCUT2D eigenvalue weighted by Gasteiger charge is 2.20. The Morgan fingerprint density at radius 2 is 1.96 bits per heavy atom. The lowest BCUT2D eigenvalue weighted by molar-refractivity contribution is -0.134. The molecular weight excluding hydrogens is 356 g/mol. The fraction of sp³-hybridized carbons (Fsp3) is 0.556. The molecule has 0 unspecified atom stereocenters. The van der Waals surface area contributed by atoms with E-state index in [0.717, 1.165) is 28.6 Å². The lowest BCUT2D eigenvalue weighted by Crippen LogP contribution is -2.36. The first-order valence-corrected chi connectivity index (χ1v) is 9.05. The average molecular weight is 381 g/mol. The van der Waals surface area contributed by atoms with Crippen LogP contribution in [0.5, 0.6) is 0 Å². The van der Waals surface area contributed by atoms with Gasteiger partial charge in [-0.15, -0.1) is 0 Å². The molecule has 1 N–H and O–H groups in total. The highest BCUT2D eigenvalue weighted by atomic mass is 79.9. The van der Waals surface area contributed by atoms with Crippen LogP contribution < -0.4 is 5.32 Å². The maximum atomic E-state index is 12.3. The van der Waals surface area contributed by atoms with E-state index in [9.17, 15) is 9.59 Å². The molecule has 4 nitrogen and oxygen atoms in total. The summed E-state index contributed by atoms with van der Waals surface area (Å²) in [4.78, 5) is 25.9. The third-order valence-electron chi connectivity index (χ3n) is 4.46. The zero-order chi connectivity index (χ0) is 16.8. The zero-order valence-electron chi connectivity index (χ0n) is 13.9. The van der Waals surface area contributed by atoms with Gasteiger partial charge < -0.3 is 10.2 Å². The van der Waals surface area contributed by atoms with Gasteiger partial charge in [0.15, 0.2) is 0 Å². The van der Waals surface area contributed by atoms with E-state index in [-0.39, 0.29) is 18.4 Å². The normalized spacial score (nSPS) is 15.3. The average Bonchev–Trinajstić information content (AvgIpc) is 2.51. The van der Waals surface area contributed by atoms with Crippen LogP contribution in [0.3, 0.4) is 0 Å². The first kappa shape index (κ1) is 18.0. The van der Waals surface area contributed by atoms with Crippen LogP contribution in [0.25, 0.3) is 0 Å². The van der Waals surface area contributed by atoms with Gasteiger partial charge in [-0.2, -0.15) is 0 Å². The molecule has 1 aliphatic carbocycles. The quantitative estimate of drug-likeness (QED) is 0.834. The Hall–Kier alpha value is -1.36. The molecule has 0 saturated heterocycles. The maximum absolute atomic E-state index is 12.3.